The van der Waals surface area contributed by atoms with Crippen LogP contribution < -0.4 is 10.2 Å². The van der Waals surface area contributed by atoms with Gasteiger partial charge in [-0.05, 0) is 31.0 Å². The quantitative estimate of drug-likeness (QED) is 0.674. The molecule has 0 saturated heterocycles. The molecule has 0 spiro atoms. The number of methoxy groups -OCH3 is 1. The van der Waals surface area contributed by atoms with Crippen LogP contribution in [0.2, 0.25) is 0 Å². The molecule has 0 aromatic heterocycles. The smallest absolute Gasteiger partial charge is 0.243 e. The van der Waals surface area contributed by atoms with Gasteiger partial charge in [0.25, 0.3) is 0 Å². The Hall–Kier alpha value is -1.36. The molecular formula is C15H19BrN2O2. The number of carbonyl (C=O) groups is 1. The van der Waals surface area contributed by atoms with E-state index in [4.69, 9.17) is 4.74 Å². The summed E-state index contributed by atoms with van der Waals surface area (Å²) in [7, 11) is 1.62. The van der Waals surface area contributed by atoms with Crippen LogP contribution >= 0.6 is 15.9 Å². The maximum Gasteiger partial charge on any atom is 0.243 e. The molecule has 1 aromatic carbocycles. The number of amides is 1. The highest BCUT2D eigenvalue weighted by atomic mass is 79.9. The molecule has 0 atom stereocenters. The van der Waals surface area contributed by atoms with E-state index in [1.807, 2.05) is 18.2 Å². The van der Waals surface area contributed by atoms with Crippen LogP contribution in [0.1, 0.15) is 37.7 Å². The number of nitrogens with zero attached hydrogens (tertiary/aromatic N) is 1. The average Bonchev–Trinajstić information content (AvgIpc) is 2.50. The fourth-order valence-corrected chi connectivity index (χ4v) is 2.72. The Bertz CT molecular complexity index is 497. The molecule has 0 radical (unpaired) electrons. The van der Waals surface area contributed by atoms with Crippen LogP contribution in [-0.2, 0) is 4.79 Å². The number of carbonyl (C=O) groups excluding carboxylic acids is 1. The fraction of sp³-hybridized carbons (Fsp3) is 0.467. The minimum atomic E-state index is 0.0277. The number of hydrogen-bond acceptors (Lipinski definition) is 3. The number of rotatable bonds is 4. The number of hydrazone groups is 1. The van der Waals surface area contributed by atoms with Crippen molar-refractivity contribution >= 4 is 28.1 Å². The highest BCUT2D eigenvalue weighted by Crippen LogP contribution is 2.23. The van der Waals surface area contributed by atoms with Crippen molar-refractivity contribution in [3.05, 3.63) is 28.2 Å². The zero-order valence-electron chi connectivity index (χ0n) is 11.6. The van der Waals surface area contributed by atoms with Gasteiger partial charge in [0.2, 0.25) is 5.91 Å². The molecule has 1 aliphatic rings. The molecule has 1 aromatic rings. The third-order valence-corrected chi connectivity index (χ3v) is 4.28. The van der Waals surface area contributed by atoms with Crippen molar-refractivity contribution in [2.75, 3.05) is 7.11 Å². The molecule has 0 bridgehead atoms. The first-order valence-electron chi connectivity index (χ1n) is 6.87. The van der Waals surface area contributed by atoms with Gasteiger partial charge in [-0.15, -0.1) is 0 Å². The molecule has 0 aliphatic heterocycles. The third-order valence-electron chi connectivity index (χ3n) is 3.56. The van der Waals surface area contributed by atoms with Crippen LogP contribution in [0.15, 0.2) is 27.8 Å². The summed E-state index contributed by atoms with van der Waals surface area (Å²) in [6.45, 7) is 0. The van der Waals surface area contributed by atoms with Crippen molar-refractivity contribution in [3.63, 3.8) is 0 Å². The van der Waals surface area contributed by atoms with Crippen molar-refractivity contribution in [3.8, 4) is 5.75 Å². The van der Waals surface area contributed by atoms with E-state index < -0.39 is 0 Å². The molecule has 1 N–H and O–H groups in total. The fourth-order valence-electron chi connectivity index (χ4n) is 2.37. The van der Waals surface area contributed by atoms with E-state index in [0.29, 0.717) is 0 Å². The topological polar surface area (TPSA) is 50.7 Å². The molecule has 20 heavy (non-hydrogen) atoms. The number of ether oxygens (including phenoxy) is 1. The van der Waals surface area contributed by atoms with Gasteiger partial charge in [-0.25, -0.2) is 5.43 Å². The lowest BCUT2D eigenvalue weighted by Crippen LogP contribution is -2.28. The summed E-state index contributed by atoms with van der Waals surface area (Å²) in [5.74, 6) is 0.905. The van der Waals surface area contributed by atoms with E-state index in [1.54, 1.807) is 13.3 Å². The second-order valence-electron chi connectivity index (χ2n) is 4.96. The maximum atomic E-state index is 11.9. The summed E-state index contributed by atoms with van der Waals surface area (Å²) in [6.07, 6.45) is 7.11. The number of nitrogens with one attached hydrogen (secondary N) is 1. The second kappa shape index (κ2) is 7.43. The standard InChI is InChI=1S/C15H19BrN2O2/c1-20-13-7-8-14(16)12(9-13)10-17-18-15(19)11-5-3-2-4-6-11/h7-11H,2-6H2,1H3,(H,18,19)/b17-10+. The largest absolute Gasteiger partial charge is 0.497 e. The van der Waals surface area contributed by atoms with E-state index in [-0.39, 0.29) is 11.8 Å². The van der Waals surface area contributed by atoms with E-state index in [0.717, 1.165) is 41.5 Å². The molecule has 1 amide bonds. The summed E-state index contributed by atoms with van der Waals surface area (Å²) in [5.41, 5.74) is 3.50. The Kier molecular flexibility index (Phi) is 5.59. The lowest BCUT2D eigenvalue weighted by molar-refractivity contribution is -0.125. The molecule has 5 heteroatoms. The maximum absolute atomic E-state index is 11.9. The van der Waals surface area contributed by atoms with Gasteiger partial charge >= 0.3 is 0 Å². The molecule has 1 saturated carbocycles. The Labute approximate surface area is 127 Å². The highest BCUT2D eigenvalue weighted by Gasteiger charge is 2.20. The first-order valence-corrected chi connectivity index (χ1v) is 7.66. The van der Waals surface area contributed by atoms with Gasteiger partial charge in [-0.1, -0.05) is 35.2 Å². The Morgan fingerprint density at radius 3 is 2.85 bits per heavy atom. The second-order valence-corrected chi connectivity index (χ2v) is 5.81. The zero-order chi connectivity index (χ0) is 14.4. The monoisotopic (exact) mass is 338 g/mol. The van der Waals surface area contributed by atoms with Gasteiger partial charge in [-0.2, -0.15) is 5.10 Å². The number of hydrogen-bond donors (Lipinski definition) is 1. The minimum Gasteiger partial charge on any atom is -0.497 e. The summed E-state index contributed by atoms with van der Waals surface area (Å²) >= 11 is 3.44. The molecule has 2 rings (SSSR count). The molecule has 4 nitrogen and oxygen atoms in total. The van der Waals surface area contributed by atoms with Crippen molar-refractivity contribution in [1.82, 2.24) is 5.43 Å². The van der Waals surface area contributed by atoms with E-state index in [1.165, 1.54) is 6.42 Å². The van der Waals surface area contributed by atoms with Crippen molar-refractivity contribution < 1.29 is 9.53 Å². The number of benzene rings is 1. The van der Waals surface area contributed by atoms with Crippen molar-refractivity contribution in [1.29, 1.82) is 0 Å². The van der Waals surface area contributed by atoms with Gasteiger partial charge < -0.3 is 4.74 Å². The van der Waals surface area contributed by atoms with Crippen LogP contribution in [-0.4, -0.2) is 19.2 Å². The van der Waals surface area contributed by atoms with Gasteiger partial charge in [0, 0.05) is 16.0 Å². The summed E-state index contributed by atoms with van der Waals surface area (Å²) in [6, 6.07) is 5.62. The van der Waals surface area contributed by atoms with Gasteiger partial charge in [0.05, 0.1) is 13.3 Å². The SMILES string of the molecule is COc1ccc(Br)c(/C=N/NC(=O)C2CCCCC2)c1. The molecule has 0 heterocycles. The lowest BCUT2D eigenvalue weighted by atomic mass is 9.89. The predicted molar refractivity (Wildman–Crippen MR) is 83.0 cm³/mol. The third kappa shape index (κ3) is 4.07. The highest BCUT2D eigenvalue weighted by molar-refractivity contribution is 9.10. The number of halogens is 1. The molecule has 108 valence electrons. The van der Waals surface area contributed by atoms with Gasteiger partial charge in [0.15, 0.2) is 0 Å². The molecule has 1 aliphatic carbocycles. The Morgan fingerprint density at radius 1 is 1.40 bits per heavy atom. The van der Waals surface area contributed by atoms with Gasteiger partial charge in [0.1, 0.15) is 5.75 Å². The Balaban J connectivity index is 1.94. The van der Waals surface area contributed by atoms with E-state index in [2.05, 4.69) is 26.5 Å². The van der Waals surface area contributed by atoms with Crippen LogP contribution in [0.5, 0.6) is 5.75 Å². The van der Waals surface area contributed by atoms with Crippen LogP contribution in [0.4, 0.5) is 0 Å². The van der Waals surface area contributed by atoms with Gasteiger partial charge in [-0.3, -0.25) is 4.79 Å². The summed E-state index contributed by atoms with van der Waals surface area (Å²) in [4.78, 5) is 11.9. The summed E-state index contributed by atoms with van der Waals surface area (Å²) in [5, 5.41) is 4.04. The van der Waals surface area contributed by atoms with Crippen molar-refractivity contribution in [2.24, 2.45) is 11.0 Å². The first kappa shape index (κ1) is 15.0. The van der Waals surface area contributed by atoms with Crippen LogP contribution in [0.25, 0.3) is 0 Å². The first-order chi connectivity index (χ1) is 9.70. The van der Waals surface area contributed by atoms with E-state index in [9.17, 15) is 4.79 Å². The summed E-state index contributed by atoms with van der Waals surface area (Å²) < 4.78 is 6.07. The van der Waals surface area contributed by atoms with Crippen LogP contribution in [0, 0.1) is 5.92 Å². The normalized spacial score (nSPS) is 16.3. The zero-order valence-corrected chi connectivity index (χ0v) is 13.1. The Morgan fingerprint density at radius 2 is 2.15 bits per heavy atom. The molecule has 1 fully saturated rings. The molecular weight excluding hydrogens is 320 g/mol. The predicted octanol–water partition coefficient (Wildman–Crippen LogP) is 3.49. The lowest BCUT2D eigenvalue weighted by Gasteiger charge is -2.19. The van der Waals surface area contributed by atoms with Crippen molar-refractivity contribution in [2.45, 2.75) is 32.1 Å². The molecule has 0 unspecified atom stereocenters. The minimum absolute atomic E-state index is 0.0277. The van der Waals surface area contributed by atoms with E-state index >= 15 is 0 Å². The van der Waals surface area contributed by atoms with Crippen LogP contribution in [0.3, 0.4) is 0 Å². The average molecular weight is 339 g/mol.